The maximum Gasteiger partial charge on any atom is 0.244 e. The molecule has 2 heterocycles. The van der Waals surface area contributed by atoms with Gasteiger partial charge in [-0.3, -0.25) is 10.1 Å². The van der Waals surface area contributed by atoms with Crippen LogP contribution in [0.25, 0.3) is 0 Å². The van der Waals surface area contributed by atoms with Crippen molar-refractivity contribution in [2.75, 3.05) is 36.8 Å². The average molecular weight is 280 g/mol. The highest BCUT2D eigenvalue weighted by Crippen LogP contribution is 2.33. The van der Waals surface area contributed by atoms with Gasteiger partial charge in [0.05, 0.1) is 6.04 Å². The number of likely N-dealkylation sites (N-methyl/N-ethyl adjacent to an activating group) is 1. The van der Waals surface area contributed by atoms with E-state index in [1.807, 2.05) is 18.2 Å². The van der Waals surface area contributed by atoms with E-state index in [0.717, 1.165) is 23.1 Å². The van der Waals surface area contributed by atoms with Crippen LogP contribution in [0.3, 0.4) is 0 Å². The van der Waals surface area contributed by atoms with Crippen molar-refractivity contribution in [2.24, 2.45) is 0 Å². The molecule has 2 aliphatic heterocycles. The van der Waals surface area contributed by atoms with Gasteiger partial charge < -0.3 is 14.4 Å². The minimum Gasteiger partial charge on any atom is -0.486 e. The van der Waals surface area contributed by atoms with Crippen LogP contribution in [0, 0.1) is 0 Å². The zero-order valence-electron chi connectivity index (χ0n) is 10.7. The fraction of sp³-hybridized carbons (Fsp3) is 0.462. The van der Waals surface area contributed by atoms with Gasteiger partial charge >= 0.3 is 0 Å². The molecule has 1 atom stereocenters. The van der Waals surface area contributed by atoms with E-state index < -0.39 is 0 Å². The van der Waals surface area contributed by atoms with E-state index in [0.29, 0.717) is 19.0 Å². The van der Waals surface area contributed by atoms with Gasteiger partial charge in [0.25, 0.3) is 0 Å². The SMILES string of the molecule is CN(C(=O)C1CSCN1)c1ccc2c(c1)OCCO2. The van der Waals surface area contributed by atoms with Gasteiger partial charge in [-0.2, -0.15) is 0 Å². The zero-order chi connectivity index (χ0) is 13.2. The summed E-state index contributed by atoms with van der Waals surface area (Å²) in [4.78, 5) is 14.0. The molecule has 102 valence electrons. The standard InChI is InChI=1S/C13H16N2O3S/c1-15(13(16)10-7-19-8-14-10)9-2-3-11-12(6-9)18-5-4-17-11/h2-3,6,10,14H,4-5,7-8H2,1H3. The molecular weight excluding hydrogens is 264 g/mol. The lowest BCUT2D eigenvalue weighted by atomic mass is 10.2. The monoisotopic (exact) mass is 280 g/mol. The van der Waals surface area contributed by atoms with Gasteiger partial charge in [-0.05, 0) is 12.1 Å². The zero-order valence-corrected chi connectivity index (χ0v) is 11.5. The average Bonchev–Trinajstić information content (AvgIpc) is 2.99. The van der Waals surface area contributed by atoms with Crippen LogP contribution in [0.1, 0.15) is 0 Å². The minimum atomic E-state index is -0.0943. The Morgan fingerprint density at radius 3 is 2.89 bits per heavy atom. The van der Waals surface area contributed by atoms with Gasteiger partial charge in [-0.25, -0.2) is 0 Å². The van der Waals surface area contributed by atoms with Crippen molar-refractivity contribution in [3.8, 4) is 11.5 Å². The minimum absolute atomic E-state index is 0.0849. The van der Waals surface area contributed by atoms with E-state index in [-0.39, 0.29) is 11.9 Å². The highest BCUT2D eigenvalue weighted by molar-refractivity contribution is 7.99. The first-order valence-corrected chi connectivity index (χ1v) is 7.39. The third kappa shape index (κ3) is 2.50. The largest absolute Gasteiger partial charge is 0.486 e. The third-order valence-electron chi connectivity index (χ3n) is 3.26. The Morgan fingerprint density at radius 1 is 1.37 bits per heavy atom. The Kier molecular flexibility index (Phi) is 3.52. The van der Waals surface area contributed by atoms with E-state index in [1.54, 1.807) is 23.7 Å². The molecule has 1 amide bonds. The Balaban J connectivity index is 1.79. The molecule has 6 heteroatoms. The van der Waals surface area contributed by atoms with Crippen molar-refractivity contribution in [3.05, 3.63) is 18.2 Å². The van der Waals surface area contributed by atoms with Crippen molar-refractivity contribution in [3.63, 3.8) is 0 Å². The lowest BCUT2D eigenvalue weighted by Gasteiger charge is -2.24. The van der Waals surface area contributed by atoms with Crippen LogP contribution in [0.15, 0.2) is 18.2 Å². The number of rotatable bonds is 2. The van der Waals surface area contributed by atoms with Gasteiger partial charge in [0.2, 0.25) is 5.91 Å². The lowest BCUT2D eigenvalue weighted by molar-refractivity contribution is -0.119. The van der Waals surface area contributed by atoms with Crippen molar-refractivity contribution in [2.45, 2.75) is 6.04 Å². The van der Waals surface area contributed by atoms with Gasteiger partial charge in [0.15, 0.2) is 11.5 Å². The fourth-order valence-electron chi connectivity index (χ4n) is 2.16. The number of thioether (sulfide) groups is 1. The van der Waals surface area contributed by atoms with Gasteiger partial charge in [0, 0.05) is 30.4 Å². The van der Waals surface area contributed by atoms with Crippen LogP contribution in [0.5, 0.6) is 11.5 Å². The van der Waals surface area contributed by atoms with Crippen LogP contribution in [-0.2, 0) is 4.79 Å². The maximum absolute atomic E-state index is 12.3. The molecule has 0 spiro atoms. The molecule has 1 aromatic carbocycles. The summed E-state index contributed by atoms with van der Waals surface area (Å²) in [5, 5.41) is 3.19. The van der Waals surface area contributed by atoms with E-state index in [9.17, 15) is 4.79 Å². The Hall–Kier alpha value is -1.40. The lowest BCUT2D eigenvalue weighted by Crippen LogP contribution is -2.43. The number of nitrogens with zero attached hydrogens (tertiary/aromatic N) is 1. The van der Waals surface area contributed by atoms with Gasteiger partial charge in [0.1, 0.15) is 13.2 Å². The van der Waals surface area contributed by atoms with Crippen LogP contribution in [0.4, 0.5) is 5.69 Å². The molecule has 1 aromatic rings. The number of nitrogens with one attached hydrogen (secondary N) is 1. The van der Waals surface area contributed by atoms with Gasteiger partial charge in [-0.1, -0.05) is 0 Å². The number of amides is 1. The summed E-state index contributed by atoms with van der Waals surface area (Å²) in [6.07, 6.45) is 0. The summed E-state index contributed by atoms with van der Waals surface area (Å²) < 4.78 is 11.0. The summed E-state index contributed by atoms with van der Waals surface area (Å²) >= 11 is 1.74. The molecule has 1 unspecified atom stereocenters. The molecule has 3 rings (SSSR count). The second-order valence-electron chi connectivity index (χ2n) is 4.50. The molecule has 1 saturated heterocycles. The Bertz CT molecular complexity index is 489. The summed E-state index contributed by atoms with van der Waals surface area (Å²) in [6.45, 7) is 1.12. The summed E-state index contributed by atoms with van der Waals surface area (Å²) in [5.41, 5.74) is 0.827. The molecule has 0 saturated carbocycles. The van der Waals surface area contributed by atoms with Crippen LogP contribution in [0.2, 0.25) is 0 Å². The third-order valence-corrected chi connectivity index (χ3v) is 4.20. The number of fused-ring (bicyclic) bond motifs is 1. The first-order valence-electron chi connectivity index (χ1n) is 6.24. The first kappa shape index (κ1) is 12.6. The predicted octanol–water partition coefficient (Wildman–Crippen LogP) is 1.08. The number of anilines is 1. The number of carbonyl (C=O) groups is 1. The summed E-state index contributed by atoms with van der Waals surface area (Å²) in [7, 11) is 1.79. The van der Waals surface area contributed by atoms with E-state index in [4.69, 9.17) is 9.47 Å². The molecule has 0 aliphatic carbocycles. The fourth-order valence-corrected chi connectivity index (χ4v) is 3.09. The number of ether oxygens (including phenoxy) is 2. The van der Waals surface area contributed by atoms with E-state index >= 15 is 0 Å². The van der Waals surface area contributed by atoms with Gasteiger partial charge in [-0.15, -0.1) is 11.8 Å². The molecule has 1 fully saturated rings. The van der Waals surface area contributed by atoms with E-state index in [2.05, 4.69) is 5.32 Å². The number of hydrogen-bond acceptors (Lipinski definition) is 5. The molecule has 2 aliphatic rings. The van der Waals surface area contributed by atoms with Crippen LogP contribution >= 0.6 is 11.8 Å². The Morgan fingerprint density at radius 2 is 2.16 bits per heavy atom. The highest BCUT2D eigenvalue weighted by Gasteiger charge is 2.26. The quantitative estimate of drug-likeness (QED) is 0.878. The van der Waals surface area contributed by atoms with Crippen molar-refractivity contribution in [1.29, 1.82) is 0 Å². The second-order valence-corrected chi connectivity index (χ2v) is 5.53. The molecular formula is C13H16N2O3S. The molecule has 0 aromatic heterocycles. The van der Waals surface area contributed by atoms with Crippen molar-refractivity contribution < 1.29 is 14.3 Å². The molecule has 1 N–H and O–H groups in total. The number of hydrogen-bond donors (Lipinski definition) is 1. The van der Waals surface area contributed by atoms with Crippen LogP contribution < -0.4 is 19.7 Å². The molecule has 5 nitrogen and oxygen atoms in total. The number of benzene rings is 1. The molecule has 0 radical (unpaired) electrons. The maximum atomic E-state index is 12.3. The molecule has 19 heavy (non-hydrogen) atoms. The molecule has 0 bridgehead atoms. The number of carbonyl (C=O) groups excluding carboxylic acids is 1. The second kappa shape index (κ2) is 5.30. The van der Waals surface area contributed by atoms with Crippen molar-refractivity contribution >= 4 is 23.4 Å². The van der Waals surface area contributed by atoms with Crippen LogP contribution in [-0.4, -0.2) is 43.8 Å². The van der Waals surface area contributed by atoms with Crippen molar-refractivity contribution in [1.82, 2.24) is 5.32 Å². The predicted molar refractivity (Wildman–Crippen MR) is 75.1 cm³/mol. The summed E-state index contributed by atoms with van der Waals surface area (Å²) in [5.74, 6) is 3.20. The topological polar surface area (TPSA) is 50.8 Å². The van der Waals surface area contributed by atoms with E-state index in [1.165, 1.54) is 0 Å². The highest BCUT2D eigenvalue weighted by atomic mass is 32.2. The smallest absolute Gasteiger partial charge is 0.244 e. The first-order chi connectivity index (χ1) is 9.25. The normalized spacial score (nSPS) is 21.2. The Labute approximate surface area is 116 Å². The summed E-state index contributed by atoms with van der Waals surface area (Å²) in [6, 6.07) is 5.50.